The van der Waals surface area contributed by atoms with Crippen LogP contribution in [0.5, 0.6) is 0 Å². The fourth-order valence-electron chi connectivity index (χ4n) is 2.31. The minimum Gasteiger partial charge on any atom is -0.356 e. The summed E-state index contributed by atoms with van der Waals surface area (Å²) in [6, 6.07) is 0.0322. The van der Waals surface area contributed by atoms with Gasteiger partial charge in [0.1, 0.15) is 0 Å². The third-order valence-electron chi connectivity index (χ3n) is 3.31. The summed E-state index contributed by atoms with van der Waals surface area (Å²) in [6.45, 7) is 0.889. The molecule has 132 valence electrons. The van der Waals surface area contributed by atoms with Crippen molar-refractivity contribution in [3.8, 4) is 0 Å². The van der Waals surface area contributed by atoms with Gasteiger partial charge in [-0.2, -0.15) is 24.9 Å². The van der Waals surface area contributed by atoms with Crippen LogP contribution in [0.3, 0.4) is 0 Å². The number of rotatable bonds is 7. The molecule has 0 aromatic carbocycles. The van der Waals surface area contributed by atoms with Crippen LogP contribution in [0.4, 0.5) is 13.2 Å². The zero-order valence-corrected chi connectivity index (χ0v) is 16.2. The van der Waals surface area contributed by atoms with Crippen LogP contribution >= 0.6 is 35.7 Å². The van der Waals surface area contributed by atoms with Gasteiger partial charge in [-0.05, 0) is 31.3 Å². The van der Waals surface area contributed by atoms with Crippen molar-refractivity contribution in [2.45, 2.75) is 31.5 Å². The molecule has 0 saturated carbocycles. The molecule has 9 heteroatoms. The molecule has 0 bridgehead atoms. The highest BCUT2D eigenvalue weighted by Crippen LogP contribution is 2.19. The van der Waals surface area contributed by atoms with Gasteiger partial charge < -0.3 is 10.6 Å². The molecule has 0 aromatic heterocycles. The maximum Gasteiger partial charge on any atom is 0.401 e. The predicted molar refractivity (Wildman–Crippen MR) is 98.4 cm³/mol. The van der Waals surface area contributed by atoms with Crippen molar-refractivity contribution in [2.75, 3.05) is 45.2 Å². The van der Waals surface area contributed by atoms with Gasteiger partial charge in [-0.1, -0.05) is 0 Å². The second-order valence-electron chi connectivity index (χ2n) is 5.18. The van der Waals surface area contributed by atoms with E-state index >= 15 is 0 Å². The minimum absolute atomic E-state index is 0. The fraction of sp³-hybridized carbons (Fsp3) is 0.923. The standard InChI is InChI=1S/C13H25F3N4S.HI/c1-17-12(18-6-3-4-8-21-2)19-11-5-7-20(9-11)10-13(14,15)16;/h11H,3-10H2,1-2H3,(H2,17,18,19);1H. The second-order valence-corrected chi connectivity index (χ2v) is 6.16. The fourth-order valence-corrected chi connectivity index (χ4v) is 2.81. The lowest BCUT2D eigenvalue weighted by Crippen LogP contribution is -2.45. The Morgan fingerprint density at radius 3 is 2.68 bits per heavy atom. The molecule has 1 aliphatic rings. The van der Waals surface area contributed by atoms with Gasteiger partial charge in [0.2, 0.25) is 0 Å². The van der Waals surface area contributed by atoms with E-state index in [-0.39, 0.29) is 30.0 Å². The van der Waals surface area contributed by atoms with Crippen molar-refractivity contribution in [1.29, 1.82) is 0 Å². The summed E-state index contributed by atoms with van der Waals surface area (Å²) < 4.78 is 37.0. The van der Waals surface area contributed by atoms with Crippen LogP contribution in [0.15, 0.2) is 4.99 Å². The SMILES string of the molecule is CN=C(NCCCCSC)NC1CCN(CC(F)(F)F)C1.I. The van der Waals surface area contributed by atoms with Crippen LogP contribution in [0.1, 0.15) is 19.3 Å². The number of likely N-dealkylation sites (tertiary alicyclic amines) is 1. The van der Waals surface area contributed by atoms with E-state index in [9.17, 15) is 13.2 Å². The average molecular weight is 454 g/mol. The summed E-state index contributed by atoms with van der Waals surface area (Å²) in [6.07, 6.45) is 0.885. The Bertz CT molecular complexity index is 329. The van der Waals surface area contributed by atoms with Gasteiger partial charge in [0.25, 0.3) is 0 Å². The summed E-state index contributed by atoms with van der Waals surface area (Å²) in [5.74, 6) is 1.82. The number of unbranched alkanes of at least 4 members (excludes halogenated alkanes) is 1. The van der Waals surface area contributed by atoms with E-state index < -0.39 is 12.7 Å². The zero-order valence-electron chi connectivity index (χ0n) is 13.1. The molecule has 1 unspecified atom stereocenters. The Morgan fingerprint density at radius 2 is 2.09 bits per heavy atom. The first-order chi connectivity index (χ1) is 9.94. The smallest absolute Gasteiger partial charge is 0.356 e. The molecule has 1 heterocycles. The highest BCUT2D eigenvalue weighted by Gasteiger charge is 2.34. The largest absolute Gasteiger partial charge is 0.401 e. The van der Waals surface area contributed by atoms with Gasteiger partial charge in [0.05, 0.1) is 6.54 Å². The zero-order chi connectivity index (χ0) is 15.7. The molecule has 2 N–H and O–H groups in total. The first kappa shape index (κ1) is 22.1. The van der Waals surface area contributed by atoms with Gasteiger partial charge in [-0.15, -0.1) is 24.0 Å². The second kappa shape index (κ2) is 11.6. The number of halogens is 4. The summed E-state index contributed by atoms with van der Waals surface area (Å²) in [5.41, 5.74) is 0. The Balaban J connectivity index is 0.00000441. The van der Waals surface area contributed by atoms with Gasteiger partial charge in [-0.25, -0.2) is 0 Å². The lowest BCUT2D eigenvalue weighted by molar-refractivity contribution is -0.143. The molecule has 1 aliphatic heterocycles. The van der Waals surface area contributed by atoms with Crippen molar-refractivity contribution in [1.82, 2.24) is 15.5 Å². The van der Waals surface area contributed by atoms with E-state index in [0.29, 0.717) is 25.5 Å². The summed E-state index contributed by atoms with van der Waals surface area (Å²) in [4.78, 5) is 5.55. The molecular formula is C13H26F3IN4S. The molecule has 1 rings (SSSR count). The molecule has 0 aliphatic carbocycles. The number of hydrogen-bond donors (Lipinski definition) is 2. The molecule has 1 fully saturated rings. The molecule has 0 amide bonds. The van der Waals surface area contributed by atoms with E-state index in [1.165, 1.54) is 4.90 Å². The van der Waals surface area contributed by atoms with Crippen LogP contribution in [-0.4, -0.2) is 68.3 Å². The first-order valence-electron chi connectivity index (χ1n) is 7.20. The van der Waals surface area contributed by atoms with E-state index in [0.717, 1.165) is 25.1 Å². The first-order valence-corrected chi connectivity index (χ1v) is 8.59. The highest BCUT2D eigenvalue weighted by atomic mass is 127. The van der Waals surface area contributed by atoms with Crippen LogP contribution in [-0.2, 0) is 0 Å². The number of aliphatic imine (C=N–C) groups is 1. The molecule has 22 heavy (non-hydrogen) atoms. The van der Waals surface area contributed by atoms with Crippen LogP contribution in [0, 0.1) is 0 Å². The van der Waals surface area contributed by atoms with Crippen LogP contribution in [0.25, 0.3) is 0 Å². The lowest BCUT2D eigenvalue weighted by atomic mass is 10.3. The minimum atomic E-state index is -4.12. The quantitative estimate of drug-likeness (QED) is 0.269. The van der Waals surface area contributed by atoms with E-state index in [4.69, 9.17) is 0 Å². The molecule has 1 atom stereocenters. The average Bonchev–Trinajstić information content (AvgIpc) is 2.82. The maximum atomic E-state index is 12.3. The third-order valence-corrected chi connectivity index (χ3v) is 4.00. The molecule has 0 aromatic rings. The summed E-state index contributed by atoms with van der Waals surface area (Å²) in [5, 5.41) is 6.40. The predicted octanol–water partition coefficient (Wildman–Crippen LogP) is 2.55. The lowest BCUT2D eigenvalue weighted by Gasteiger charge is -2.19. The van der Waals surface area contributed by atoms with Crippen LogP contribution < -0.4 is 10.6 Å². The number of thioether (sulfide) groups is 1. The molecule has 1 saturated heterocycles. The van der Waals surface area contributed by atoms with Gasteiger partial charge >= 0.3 is 6.18 Å². The van der Waals surface area contributed by atoms with Crippen molar-refractivity contribution < 1.29 is 13.2 Å². The topological polar surface area (TPSA) is 39.7 Å². The number of hydrogen-bond acceptors (Lipinski definition) is 3. The molecular weight excluding hydrogens is 428 g/mol. The molecule has 0 spiro atoms. The monoisotopic (exact) mass is 454 g/mol. The summed E-state index contributed by atoms with van der Waals surface area (Å²) in [7, 11) is 1.68. The van der Waals surface area contributed by atoms with Crippen molar-refractivity contribution in [3.63, 3.8) is 0 Å². The molecule has 0 radical (unpaired) electrons. The Hall–Kier alpha value is 0.1000. The van der Waals surface area contributed by atoms with Crippen molar-refractivity contribution >= 4 is 41.7 Å². The number of guanidine groups is 1. The normalized spacial score (nSPS) is 19.9. The number of alkyl halides is 3. The van der Waals surface area contributed by atoms with E-state index in [1.807, 2.05) is 11.8 Å². The van der Waals surface area contributed by atoms with Crippen LogP contribution in [0.2, 0.25) is 0 Å². The van der Waals surface area contributed by atoms with E-state index in [1.54, 1.807) is 7.05 Å². The number of nitrogens with one attached hydrogen (secondary N) is 2. The molecule has 4 nitrogen and oxygen atoms in total. The highest BCUT2D eigenvalue weighted by molar-refractivity contribution is 14.0. The van der Waals surface area contributed by atoms with Gasteiger partial charge in [-0.3, -0.25) is 9.89 Å². The Kier molecular flexibility index (Phi) is 11.7. The summed E-state index contributed by atoms with van der Waals surface area (Å²) >= 11 is 1.83. The third kappa shape index (κ3) is 9.98. The van der Waals surface area contributed by atoms with Gasteiger partial charge in [0.15, 0.2) is 5.96 Å². The van der Waals surface area contributed by atoms with Gasteiger partial charge in [0, 0.05) is 32.7 Å². The maximum absolute atomic E-state index is 12.3. The van der Waals surface area contributed by atoms with E-state index in [2.05, 4.69) is 21.9 Å². The Labute approximate surface area is 152 Å². The number of nitrogens with zero attached hydrogens (tertiary/aromatic N) is 2. The Morgan fingerprint density at radius 1 is 1.36 bits per heavy atom. The van der Waals surface area contributed by atoms with Crippen molar-refractivity contribution in [2.24, 2.45) is 4.99 Å². The van der Waals surface area contributed by atoms with Crippen molar-refractivity contribution in [3.05, 3.63) is 0 Å².